The van der Waals surface area contributed by atoms with E-state index in [2.05, 4.69) is 103 Å². The Labute approximate surface area is 206 Å². The third-order valence-corrected chi connectivity index (χ3v) is 5.85. The van der Waals surface area contributed by atoms with Gasteiger partial charge in [0, 0.05) is 55.0 Å². The lowest BCUT2D eigenvalue weighted by molar-refractivity contribution is -0.646. The van der Waals surface area contributed by atoms with E-state index in [4.69, 9.17) is 17.5 Å². The minimum absolute atomic E-state index is 0.777. The summed E-state index contributed by atoms with van der Waals surface area (Å²) in [7, 11) is 0.104. The van der Waals surface area contributed by atoms with Crippen LogP contribution in [0.4, 0.5) is 18.9 Å². The highest BCUT2D eigenvalue weighted by atomic mass is 32.2. The number of aryl methyl sites for hydroxylation is 2. The fraction of sp³-hybridized carbons (Fsp3) is 0.200. The summed E-state index contributed by atoms with van der Waals surface area (Å²) in [6, 6.07) is 21.0. The average molecular weight is 520 g/mol. The molecular formula is C25H24F3N3O4S. The molecule has 0 unspecified atom stereocenters. The van der Waals surface area contributed by atoms with Gasteiger partial charge in [-0.2, -0.15) is 17.7 Å². The summed E-state index contributed by atoms with van der Waals surface area (Å²) in [5.74, 6) is 0.777. The first kappa shape index (κ1) is 26.9. The minimum atomic E-state index is -6.09. The molecule has 11 heteroatoms. The quantitative estimate of drug-likeness (QED) is 0.216. The van der Waals surface area contributed by atoms with Gasteiger partial charge in [0.25, 0.3) is 0 Å². The van der Waals surface area contributed by atoms with E-state index in [1.165, 1.54) is 22.2 Å². The maximum absolute atomic E-state index is 10.7. The summed E-state index contributed by atoms with van der Waals surface area (Å²) in [6.07, 6.45) is 4.05. The summed E-state index contributed by atoms with van der Waals surface area (Å²) < 4.78 is 66.6. The van der Waals surface area contributed by atoms with Crippen molar-refractivity contribution in [3.05, 3.63) is 77.6 Å². The summed E-state index contributed by atoms with van der Waals surface area (Å²) in [6.45, 7) is 2.07. The van der Waals surface area contributed by atoms with Crippen molar-refractivity contribution in [2.24, 2.45) is 7.05 Å². The zero-order valence-corrected chi connectivity index (χ0v) is 20.8. The van der Waals surface area contributed by atoms with Crippen molar-refractivity contribution in [3.63, 3.8) is 0 Å². The van der Waals surface area contributed by atoms with Crippen LogP contribution in [0.5, 0.6) is 0 Å². The predicted octanol–water partition coefficient (Wildman–Crippen LogP) is 4.92. The Morgan fingerprint density at radius 1 is 1.00 bits per heavy atom. The van der Waals surface area contributed by atoms with Crippen LogP contribution in [0.15, 0.2) is 65.2 Å². The van der Waals surface area contributed by atoms with Crippen molar-refractivity contribution in [1.82, 2.24) is 5.16 Å². The van der Waals surface area contributed by atoms with E-state index in [9.17, 15) is 13.2 Å². The Morgan fingerprint density at radius 3 is 2.22 bits per heavy atom. The number of aromatic nitrogens is 2. The topological polar surface area (TPSA) is 90.4 Å². The second-order valence-electron chi connectivity index (χ2n) is 8.17. The van der Waals surface area contributed by atoms with Gasteiger partial charge in [-0.25, -0.2) is 8.42 Å². The number of fused-ring (bicyclic) bond motifs is 1. The molecule has 0 saturated carbocycles. The van der Waals surface area contributed by atoms with Gasteiger partial charge in [0.05, 0.1) is 0 Å². The number of benzene rings is 2. The van der Waals surface area contributed by atoms with Crippen molar-refractivity contribution >= 4 is 38.9 Å². The van der Waals surface area contributed by atoms with Crippen LogP contribution in [0.2, 0.25) is 0 Å². The van der Waals surface area contributed by atoms with Crippen molar-refractivity contribution in [2.45, 2.75) is 12.4 Å². The number of rotatable bonds is 4. The molecule has 4 rings (SSSR count). The van der Waals surface area contributed by atoms with Gasteiger partial charge in [-0.1, -0.05) is 35.0 Å². The molecule has 0 spiro atoms. The first-order chi connectivity index (χ1) is 16.8. The van der Waals surface area contributed by atoms with Crippen LogP contribution < -0.4 is 9.47 Å². The zero-order chi connectivity index (χ0) is 26.7. The molecule has 0 atom stereocenters. The lowest BCUT2D eigenvalue weighted by Gasteiger charge is -2.12. The molecule has 0 bridgehead atoms. The van der Waals surface area contributed by atoms with E-state index in [-0.39, 0.29) is 0 Å². The molecule has 0 N–H and O–H groups in total. The van der Waals surface area contributed by atoms with Crippen molar-refractivity contribution in [2.75, 3.05) is 19.0 Å². The standard InChI is InChI=1S/C24H24N3O.CHF3O3S/c1-17-5-7-18(8-6-17)24-16-20(25-28-24)10-12-21-11-9-19-15-22(26(2)3)13-14-23(19)27(21)4;2-1(3,4)8(5,6)7/h5-16H,1-4H3;(H,5,6,7)/q+1;/p-1/b12-10+;. The van der Waals surface area contributed by atoms with Crippen molar-refractivity contribution in [3.8, 4) is 11.3 Å². The summed E-state index contributed by atoms with van der Waals surface area (Å²) in [5.41, 5.74) is 0.905. The fourth-order valence-corrected chi connectivity index (χ4v) is 3.24. The van der Waals surface area contributed by atoms with Gasteiger partial charge in [0.2, 0.25) is 11.2 Å². The molecule has 2 aromatic carbocycles. The first-order valence-electron chi connectivity index (χ1n) is 10.6. The van der Waals surface area contributed by atoms with E-state index in [1.807, 2.05) is 12.1 Å². The smallest absolute Gasteiger partial charge is 0.485 e. The SMILES string of the molecule is Cc1ccc(-c2cc(/C=C/c3ccc4cc(N(C)C)ccc4[n+]3C)no2)cc1.O=S(=O)([O-])C(F)(F)F. The fourth-order valence-electron chi connectivity index (χ4n) is 3.24. The number of pyridine rings is 1. The van der Waals surface area contributed by atoms with E-state index >= 15 is 0 Å². The van der Waals surface area contributed by atoms with Gasteiger partial charge >= 0.3 is 5.51 Å². The van der Waals surface area contributed by atoms with E-state index in [1.54, 1.807) is 0 Å². The molecule has 0 aliphatic carbocycles. The van der Waals surface area contributed by atoms with E-state index < -0.39 is 15.6 Å². The van der Waals surface area contributed by atoms with Crippen LogP contribution in [0.3, 0.4) is 0 Å². The molecule has 190 valence electrons. The van der Waals surface area contributed by atoms with Gasteiger partial charge < -0.3 is 14.0 Å². The predicted molar refractivity (Wildman–Crippen MR) is 131 cm³/mol. The highest BCUT2D eigenvalue weighted by Gasteiger charge is 2.36. The second-order valence-corrected chi connectivity index (χ2v) is 9.54. The summed E-state index contributed by atoms with van der Waals surface area (Å²) in [4.78, 5) is 2.11. The van der Waals surface area contributed by atoms with Crippen LogP contribution in [0.1, 0.15) is 17.0 Å². The normalized spacial score (nSPS) is 12.0. The molecular weight excluding hydrogens is 495 g/mol. The largest absolute Gasteiger partial charge is 0.741 e. The molecule has 0 saturated heterocycles. The molecule has 4 aromatic rings. The Morgan fingerprint density at radius 2 is 1.64 bits per heavy atom. The van der Waals surface area contributed by atoms with Crippen LogP contribution in [0.25, 0.3) is 34.4 Å². The van der Waals surface area contributed by atoms with Gasteiger partial charge in [0.1, 0.15) is 12.7 Å². The van der Waals surface area contributed by atoms with Crippen LogP contribution in [0, 0.1) is 6.92 Å². The summed E-state index contributed by atoms with van der Waals surface area (Å²) >= 11 is 0. The van der Waals surface area contributed by atoms with Crippen molar-refractivity contribution < 1.29 is 35.2 Å². The molecule has 0 aliphatic heterocycles. The average Bonchev–Trinajstić information content (AvgIpc) is 3.27. The third-order valence-electron chi connectivity index (χ3n) is 5.28. The molecule has 36 heavy (non-hydrogen) atoms. The number of hydrogen-bond acceptors (Lipinski definition) is 6. The lowest BCUT2D eigenvalue weighted by Crippen LogP contribution is -2.32. The molecule has 0 amide bonds. The number of anilines is 1. The van der Waals surface area contributed by atoms with Crippen molar-refractivity contribution in [1.29, 1.82) is 0 Å². The molecule has 0 aliphatic rings. The van der Waals surface area contributed by atoms with Crippen LogP contribution in [-0.2, 0) is 17.2 Å². The minimum Gasteiger partial charge on any atom is -0.741 e. The Kier molecular flexibility index (Phi) is 7.85. The monoisotopic (exact) mass is 519 g/mol. The van der Waals surface area contributed by atoms with Gasteiger partial charge in [-0.05, 0) is 31.2 Å². The Bertz CT molecular complexity index is 1490. The molecule has 0 radical (unpaired) electrons. The highest BCUT2D eigenvalue weighted by molar-refractivity contribution is 7.86. The number of alkyl halides is 3. The first-order valence-corrected chi connectivity index (χ1v) is 12.0. The number of hydrogen-bond donors (Lipinski definition) is 0. The van der Waals surface area contributed by atoms with E-state index in [0.717, 1.165) is 22.7 Å². The number of nitrogens with zero attached hydrogens (tertiary/aromatic N) is 3. The van der Waals surface area contributed by atoms with Crippen LogP contribution in [-0.4, -0.2) is 37.7 Å². The molecule has 2 aromatic heterocycles. The molecule has 0 fully saturated rings. The molecule has 2 heterocycles. The maximum Gasteiger partial charge on any atom is 0.485 e. The van der Waals surface area contributed by atoms with Gasteiger partial charge in [0.15, 0.2) is 15.9 Å². The second kappa shape index (κ2) is 10.5. The summed E-state index contributed by atoms with van der Waals surface area (Å²) in [5, 5.41) is 5.39. The third kappa shape index (κ3) is 6.49. The van der Waals surface area contributed by atoms with Gasteiger partial charge in [-0.15, -0.1) is 0 Å². The zero-order valence-electron chi connectivity index (χ0n) is 19.9. The highest BCUT2D eigenvalue weighted by Crippen LogP contribution is 2.23. The van der Waals surface area contributed by atoms with E-state index in [0.29, 0.717) is 0 Å². The number of halogens is 3. The lowest BCUT2D eigenvalue weighted by atomic mass is 10.1. The molecule has 7 nitrogen and oxygen atoms in total. The van der Waals surface area contributed by atoms with Gasteiger partial charge in [-0.3, -0.25) is 0 Å². The Hall–Kier alpha value is -3.70. The van der Waals surface area contributed by atoms with Crippen LogP contribution >= 0.6 is 0 Å². The Balaban J connectivity index is 0.000000392. The maximum atomic E-state index is 10.7.